The average molecular weight is 295 g/mol. The van der Waals surface area contributed by atoms with E-state index in [1.54, 1.807) is 6.07 Å². The smallest absolute Gasteiger partial charge is 0.179 e. The van der Waals surface area contributed by atoms with Gasteiger partial charge >= 0.3 is 0 Å². The van der Waals surface area contributed by atoms with Crippen molar-refractivity contribution in [3.63, 3.8) is 0 Å². The van der Waals surface area contributed by atoms with Crippen molar-refractivity contribution in [1.29, 1.82) is 0 Å². The largest absolute Gasteiger partial charge is 0.316 e. The number of sulfone groups is 1. The summed E-state index contributed by atoms with van der Waals surface area (Å²) in [6.45, 7) is 8.24. The lowest BCUT2D eigenvalue weighted by atomic mass is 9.69. The summed E-state index contributed by atoms with van der Waals surface area (Å²) < 4.78 is 24.8. The Morgan fingerprint density at radius 2 is 1.85 bits per heavy atom. The molecule has 0 aliphatic carbocycles. The molecule has 1 aliphatic rings. The predicted molar refractivity (Wildman–Crippen MR) is 82.8 cm³/mol. The number of benzene rings is 1. The van der Waals surface area contributed by atoms with Crippen molar-refractivity contribution in [1.82, 2.24) is 5.32 Å². The van der Waals surface area contributed by atoms with Crippen molar-refractivity contribution in [2.75, 3.05) is 18.8 Å². The van der Waals surface area contributed by atoms with Crippen LogP contribution in [0.25, 0.3) is 0 Å². The van der Waals surface area contributed by atoms with E-state index in [9.17, 15) is 8.42 Å². The molecule has 3 nitrogen and oxygen atoms in total. The molecule has 0 aromatic heterocycles. The molecule has 1 aromatic carbocycles. The molecule has 1 N–H and O–H groups in total. The van der Waals surface area contributed by atoms with E-state index >= 15 is 0 Å². The van der Waals surface area contributed by atoms with Crippen LogP contribution in [0.2, 0.25) is 0 Å². The molecule has 0 saturated carbocycles. The van der Waals surface area contributed by atoms with Crippen molar-refractivity contribution in [2.24, 2.45) is 5.41 Å². The molecule has 0 bridgehead atoms. The van der Waals surface area contributed by atoms with Gasteiger partial charge in [-0.25, -0.2) is 8.42 Å². The fourth-order valence-electron chi connectivity index (χ4n) is 3.45. The Labute approximate surface area is 122 Å². The lowest BCUT2D eigenvalue weighted by molar-refractivity contribution is 0.207. The molecule has 0 amide bonds. The molecular weight excluding hydrogens is 270 g/mol. The van der Waals surface area contributed by atoms with E-state index < -0.39 is 9.84 Å². The van der Waals surface area contributed by atoms with Crippen LogP contribution >= 0.6 is 0 Å². The van der Waals surface area contributed by atoms with E-state index in [1.165, 1.54) is 0 Å². The second-order valence-corrected chi connectivity index (χ2v) is 7.72. The van der Waals surface area contributed by atoms with Crippen LogP contribution in [0.15, 0.2) is 29.2 Å². The Morgan fingerprint density at radius 1 is 1.20 bits per heavy atom. The first-order valence-electron chi connectivity index (χ1n) is 7.53. The van der Waals surface area contributed by atoms with Gasteiger partial charge in [-0.05, 0) is 36.4 Å². The minimum Gasteiger partial charge on any atom is -0.316 e. The zero-order chi connectivity index (χ0) is 14.8. The van der Waals surface area contributed by atoms with E-state index in [1.807, 2.05) is 18.2 Å². The molecule has 112 valence electrons. The normalized spacial score (nSPS) is 20.9. The van der Waals surface area contributed by atoms with Gasteiger partial charge in [-0.3, -0.25) is 0 Å². The Bertz CT molecular complexity index is 562. The van der Waals surface area contributed by atoms with E-state index in [2.05, 4.69) is 26.1 Å². The molecule has 0 fully saturated rings. The highest BCUT2D eigenvalue weighted by atomic mass is 32.2. The number of hydrogen-bond donors (Lipinski definition) is 1. The van der Waals surface area contributed by atoms with Crippen LogP contribution in [-0.4, -0.2) is 27.3 Å². The fourth-order valence-corrected chi connectivity index (χ4v) is 5.45. The van der Waals surface area contributed by atoms with Crippen LogP contribution < -0.4 is 5.32 Å². The molecule has 0 radical (unpaired) electrons. The Hall–Kier alpha value is -0.870. The second-order valence-electron chi connectivity index (χ2n) is 5.72. The van der Waals surface area contributed by atoms with Gasteiger partial charge in [0, 0.05) is 12.5 Å². The third-order valence-corrected chi connectivity index (χ3v) is 6.70. The third-order valence-electron chi connectivity index (χ3n) is 4.89. The molecule has 1 aliphatic heterocycles. The quantitative estimate of drug-likeness (QED) is 0.877. The van der Waals surface area contributed by atoms with E-state index in [0.717, 1.165) is 31.5 Å². The van der Waals surface area contributed by atoms with Gasteiger partial charge < -0.3 is 5.32 Å². The van der Waals surface area contributed by atoms with Gasteiger partial charge in [-0.1, -0.05) is 39.0 Å². The van der Waals surface area contributed by atoms with E-state index in [0.29, 0.717) is 4.90 Å². The van der Waals surface area contributed by atoms with Crippen LogP contribution in [0.3, 0.4) is 0 Å². The first-order chi connectivity index (χ1) is 9.50. The van der Waals surface area contributed by atoms with Crippen molar-refractivity contribution in [3.05, 3.63) is 29.8 Å². The molecule has 4 heteroatoms. The highest BCUT2D eigenvalue weighted by Gasteiger charge is 2.45. The highest BCUT2D eigenvalue weighted by Crippen LogP contribution is 2.48. The molecule has 20 heavy (non-hydrogen) atoms. The number of fused-ring (bicyclic) bond motifs is 1. The lowest BCUT2D eigenvalue weighted by Crippen LogP contribution is -2.39. The zero-order valence-corrected chi connectivity index (χ0v) is 13.5. The summed E-state index contributed by atoms with van der Waals surface area (Å²) in [6, 6.07) is 7.53. The van der Waals surface area contributed by atoms with Crippen molar-refractivity contribution < 1.29 is 8.42 Å². The summed E-state index contributed by atoms with van der Waals surface area (Å²) in [5.41, 5.74) is 1.05. The predicted octanol–water partition coefficient (Wildman–Crippen LogP) is 2.97. The van der Waals surface area contributed by atoms with Crippen molar-refractivity contribution in [2.45, 2.75) is 44.4 Å². The molecule has 0 spiro atoms. The van der Waals surface area contributed by atoms with Crippen LogP contribution in [0.4, 0.5) is 0 Å². The molecule has 2 rings (SSSR count). The summed E-state index contributed by atoms with van der Waals surface area (Å²) in [5.74, 6) is 0.372. The monoisotopic (exact) mass is 295 g/mol. The summed E-state index contributed by atoms with van der Waals surface area (Å²) in [6.07, 6.45) is 1.98. The van der Waals surface area contributed by atoms with E-state index in [-0.39, 0.29) is 17.1 Å². The van der Waals surface area contributed by atoms with Crippen molar-refractivity contribution in [3.8, 4) is 0 Å². The minimum absolute atomic E-state index is 0.0235. The average Bonchev–Trinajstić information content (AvgIpc) is 2.74. The number of hydrogen-bond acceptors (Lipinski definition) is 3. The minimum atomic E-state index is -3.11. The summed E-state index contributed by atoms with van der Waals surface area (Å²) in [5, 5.41) is 3.43. The zero-order valence-electron chi connectivity index (χ0n) is 12.6. The maximum atomic E-state index is 12.4. The standard InChI is InChI=1S/C16H25NO2S/c1-4-16(5-2,12-17-6-3)14-11-20(18,19)15-10-8-7-9-13(14)15/h7-10,14,17H,4-6,11-12H2,1-3H3. The Balaban J connectivity index is 2.46. The van der Waals surface area contributed by atoms with Gasteiger partial charge in [-0.2, -0.15) is 0 Å². The Kier molecular flexibility index (Phi) is 4.55. The van der Waals surface area contributed by atoms with Crippen LogP contribution in [-0.2, 0) is 9.84 Å². The summed E-state index contributed by atoms with van der Waals surface area (Å²) >= 11 is 0. The van der Waals surface area contributed by atoms with Crippen LogP contribution in [0, 0.1) is 5.41 Å². The van der Waals surface area contributed by atoms with Crippen LogP contribution in [0.5, 0.6) is 0 Å². The van der Waals surface area contributed by atoms with E-state index in [4.69, 9.17) is 0 Å². The SMILES string of the molecule is CCNCC(CC)(CC)C1CS(=O)(=O)c2ccccc21. The third kappa shape index (κ3) is 2.51. The molecule has 0 saturated heterocycles. The Morgan fingerprint density at radius 3 is 2.45 bits per heavy atom. The topological polar surface area (TPSA) is 46.2 Å². The maximum Gasteiger partial charge on any atom is 0.179 e. The molecule has 1 atom stereocenters. The maximum absolute atomic E-state index is 12.4. The molecule has 1 unspecified atom stereocenters. The highest BCUT2D eigenvalue weighted by molar-refractivity contribution is 7.91. The molecule has 1 aromatic rings. The van der Waals surface area contributed by atoms with Gasteiger partial charge in [0.2, 0.25) is 0 Å². The van der Waals surface area contributed by atoms with Gasteiger partial charge in [0.25, 0.3) is 0 Å². The summed E-state index contributed by atoms with van der Waals surface area (Å²) in [4.78, 5) is 0.549. The second kappa shape index (κ2) is 5.86. The first kappa shape index (κ1) is 15.5. The van der Waals surface area contributed by atoms with Crippen molar-refractivity contribution >= 4 is 9.84 Å². The van der Waals surface area contributed by atoms with Gasteiger partial charge in [0.1, 0.15) is 0 Å². The van der Waals surface area contributed by atoms with Gasteiger partial charge in [-0.15, -0.1) is 0 Å². The fraction of sp³-hybridized carbons (Fsp3) is 0.625. The number of rotatable bonds is 6. The molecule has 1 heterocycles. The van der Waals surface area contributed by atoms with Gasteiger partial charge in [0.15, 0.2) is 9.84 Å². The molecular formula is C16H25NO2S. The number of nitrogens with one attached hydrogen (secondary N) is 1. The van der Waals surface area contributed by atoms with Crippen LogP contribution in [0.1, 0.15) is 45.1 Å². The van der Waals surface area contributed by atoms with Gasteiger partial charge in [0.05, 0.1) is 10.6 Å². The summed E-state index contributed by atoms with van der Waals surface area (Å²) in [7, 11) is -3.11. The lowest BCUT2D eigenvalue weighted by Gasteiger charge is -2.38. The first-order valence-corrected chi connectivity index (χ1v) is 9.18.